The fourth-order valence-corrected chi connectivity index (χ4v) is 2.22. The van der Waals surface area contributed by atoms with Crippen LogP contribution in [0.5, 0.6) is 6.01 Å². The highest BCUT2D eigenvalue weighted by Crippen LogP contribution is 2.06. The second-order valence-electron chi connectivity index (χ2n) is 4.74. The van der Waals surface area contributed by atoms with Crippen molar-refractivity contribution >= 4 is 5.97 Å². The van der Waals surface area contributed by atoms with E-state index in [1.807, 2.05) is 59.5 Å². The molecule has 2 aromatic rings. The first-order chi connectivity index (χ1) is 9.56. The number of carbonyl (C=O) groups is 1. The highest BCUT2D eigenvalue weighted by atomic mass is 16.6. The van der Waals surface area contributed by atoms with Crippen LogP contribution in [0.25, 0.3) is 0 Å². The van der Waals surface area contributed by atoms with E-state index in [9.17, 15) is 4.79 Å². The minimum absolute atomic E-state index is 0.252. The van der Waals surface area contributed by atoms with Gasteiger partial charge in [0.05, 0.1) is 27.2 Å². The SMILES string of the molecule is CCn1cc[n+](C)c1CC(=O)Oc1n(CC)cc[n+]1C. The number of hydrogen-bond donors (Lipinski definition) is 0. The minimum atomic E-state index is -0.252. The highest BCUT2D eigenvalue weighted by Gasteiger charge is 2.24. The number of nitrogens with zero attached hydrogens (tertiary/aromatic N) is 4. The zero-order chi connectivity index (χ0) is 14.7. The molecular formula is C14H22N4O2+2. The van der Waals surface area contributed by atoms with Gasteiger partial charge in [-0.1, -0.05) is 0 Å². The lowest BCUT2D eigenvalue weighted by molar-refractivity contribution is -0.678. The number of hydrogen-bond acceptors (Lipinski definition) is 2. The molecule has 0 saturated heterocycles. The zero-order valence-electron chi connectivity index (χ0n) is 12.5. The van der Waals surface area contributed by atoms with Gasteiger partial charge in [0.25, 0.3) is 5.82 Å². The van der Waals surface area contributed by atoms with Crippen molar-refractivity contribution < 1.29 is 18.7 Å². The maximum absolute atomic E-state index is 12.1. The molecule has 0 aliphatic heterocycles. The molecular weight excluding hydrogens is 256 g/mol. The number of aromatic nitrogens is 4. The summed E-state index contributed by atoms with van der Waals surface area (Å²) < 4.78 is 13.2. The Hall–Kier alpha value is -2.11. The van der Waals surface area contributed by atoms with E-state index in [-0.39, 0.29) is 12.4 Å². The van der Waals surface area contributed by atoms with Gasteiger partial charge < -0.3 is 4.74 Å². The van der Waals surface area contributed by atoms with Gasteiger partial charge in [-0.05, 0) is 13.8 Å². The van der Waals surface area contributed by atoms with Gasteiger partial charge in [-0.2, -0.15) is 9.13 Å². The molecule has 0 saturated carbocycles. The average molecular weight is 278 g/mol. The summed E-state index contributed by atoms with van der Waals surface area (Å²) in [4.78, 5) is 12.1. The first-order valence-electron chi connectivity index (χ1n) is 6.85. The average Bonchev–Trinajstić information content (AvgIpc) is 2.95. The van der Waals surface area contributed by atoms with Crippen LogP contribution in [0.3, 0.4) is 0 Å². The summed E-state index contributed by atoms with van der Waals surface area (Å²) in [6, 6.07) is 0.565. The Balaban J connectivity index is 2.13. The predicted molar refractivity (Wildman–Crippen MR) is 71.9 cm³/mol. The predicted octanol–water partition coefficient (Wildman–Crippen LogP) is 0.126. The zero-order valence-corrected chi connectivity index (χ0v) is 12.5. The molecule has 0 spiro atoms. The van der Waals surface area contributed by atoms with Crippen LogP contribution in [0.15, 0.2) is 24.8 Å². The molecule has 0 aliphatic rings. The Bertz CT molecular complexity index is 560. The van der Waals surface area contributed by atoms with E-state index in [4.69, 9.17) is 4.74 Å². The van der Waals surface area contributed by atoms with E-state index < -0.39 is 0 Å². The van der Waals surface area contributed by atoms with Crippen molar-refractivity contribution in [2.45, 2.75) is 33.4 Å². The molecule has 6 nitrogen and oxygen atoms in total. The number of aryl methyl sites for hydroxylation is 4. The quantitative estimate of drug-likeness (QED) is 0.576. The van der Waals surface area contributed by atoms with Crippen molar-refractivity contribution in [3.05, 3.63) is 30.6 Å². The fraction of sp³-hybridized carbons (Fsp3) is 0.500. The van der Waals surface area contributed by atoms with Crippen LogP contribution in [0.4, 0.5) is 0 Å². The molecule has 0 bridgehead atoms. The molecule has 0 unspecified atom stereocenters. The Labute approximate surface area is 118 Å². The molecule has 2 rings (SSSR count). The van der Waals surface area contributed by atoms with E-state index in [1.165, 1.54) is 0 Å². The summed E-state index contributed by atoms with van der Waals surface area (Å²) in [7, 11) is 3.80. The Morgan fingerprint density at radius 1 is 1.10 bits per heavy atom. The number of carbonyl (C=O) groups excluding carboxylic acids is 1. The number of esters is 1. The summed E-state index contributed by atoms with van der Waals surface area (Å²) in [5.74, 6) is 0.688. The Morgan fingerprint density at radius 3 is 2.35 bits per heavy atom. The maximum atomic E-state index is 12.1. The lowest BCUT2D eigenvalue weighted by atomic mass is 10.4. The van der Waals surface area contributed by atoms with E-state index in [0.29, 0.717) is 6.01 Å². The summed E-state index contributed by atoms with van der Waals surface area (Å²) in [5.41, 5.74) is 0. The van der Waals surface area contributed by atoms with Crippen LogP contribution in [-0.2, 0) is 38.4 Å². The monoisotopic (exact) mass is 278 g/mol. The third-order valence-electron chi connectivity index (χ3n) is 3.42. The molecule has 108 valence electrons. The Kier molecular flexibility index (Phi) is 4.22. The van der Waals surface area contributed by atoms with Gasteiger partial charge in [-0.25, -0.2) is 9.13 Å². The van der Waals surface area contributed by atoms with Crippen LogP contribution in [0.2, 0.25) is 0 Å². The third-order valence-corrected chi connectivity index (χ3v) is 3.42. The second kappa shape index (κ2) is 5.90. The van der Waals surface area contributed by atoms with Gasteiger partial charge in [0.2, 0.25) is 0 Å². The normalized spacial score (nSPS) is 10.8. The van der Waals surface area contributed by atoms with Crippen molar-refractivity contribution in [2.24, 2.45) is 14.1 Å². The van der Waals surface area contributed by atoms with Gasteiger partial charge in [0.15, 0.2) is 0 Å². The van der Waals surface area contributed by atoms with Crippen molar-refractivity contribution in [1.29, 1.82) is 0 Å². The molecule has 2 heterocycles. The molecule has 2 aromatic heterocycles. The van der Waals surface area contributed by atoms with E-state index >= 15 is 0 Å². The van der Waals surface area contributed by atoms with Gasteiger partial charge in [0.1, 0.15) is 31.2 Å². The van der Waals surface area contributed by atoms with Crippen LogP contribution in [0, 0.1) is 0 Å². The van der Waals surface area contributed by atoms with Crippen LogP contribution in [0.1, 0.15) is 19.7 Å². The molecule has 0 radical (unpaired) electrons. The lowest BCUT2D eigenvalue weighted by Gasteiger charge is -2.02. The first-order valence-corrected chi connectivity index (χ1v) is 6.85. The van der Waals surface area contributed by atoms with E-state index in [0.717, 1.165) is 18.9 Å². The summed E-state index contributed by atoms with van der Waals surface area (Å²) in [6.45, 7) is 5.67. The standard InChI is InChI=1S/C14H22N4O2/c1-5-17-9-7-15(3)12(17)11-13(19)20-14-16(4)8-10-18(14)6-2/h7-10H,5-6,11H2,1-4H3/q+2. The van der Waals surface area contributed by atoms with Gasteiger partial charge in [-0.15, -0.1) is 0 Å². The van der Waals surface area contributed by atoms with Crippen LogP contribution >= 0.6 is 0 Å². The molecule has 0 N–H and O–H groups in total. The number of imidazole rings is 2. The van der Waals surface area contributed by atoms with Crippen molar-refractivity contribution in [2.75, 3.05) is 0 Å². The topological polar surface area (TPSA) is 43.9 Å². The van der Waals surface area contributed by atoms with E-state index in [2.05, 4.69) is 6.92 Å². The molecule has 0 aromatic carbocycles. The van der Waals surface area contributed by atoms with Gasteiger partial charge >= 0.3 is 12.0 Å². The van der Waals surface area contributed by atoms with Crippen LogP contribution in [-0.4, -0.2) is 15.1 Å². The number of rotatable bonds is 5. The summed E-state index contributed by atoms with van der Waals surface area (Å²) in [6.07, 6.45) is 7.95. The first kappa shape index (κ1) is 14.3. The number of ether oxygens (including phenoxy) is 1. The van der Waals surface area contributed by atoms with E-state index in [1.54, 1.807) is 4.57 Å². The second-order valence-corrected chi connectivity index (χ2v) is 4.74. The third kappa shape index (κ3) is 2.74. The largest absolute Gasteiger partial charge is 0.463 e. The lowest BCUT2D eigenvalue weighted by Crippen LogP contribution is -2.36. The smallest absolute Gasteiger partial charge is 0.356 e. The van der Waals surface area contributed by atoms with Gasteiger partial charge in [0, 0.05) is 0 Å². The van der Waals surface area contributed by atoms with Crippen LogP contribution < -0.4 is 13.9 Å². The maximum Gasteiger partial charge on any atom is 0.463 e. The van der Waals surface area contributed by atoms with Gasteiger partial charge in [-0.3, -0.25) is 4.79 Å². The summed E-state index contributed by atoms with van der Waals surface area (Å²) in [5, 5.41) is 0. The van der Waals surface area contributed by atoms with Crippen molar-refractivity contribution in [1.82, 2.24) is 9.13 Å². The fourth-order valence-electron chi connectivity index (χ4n) is 2.22. The summed E-state index contributed by atoms with van der Waals surface area (Å²) >= 11 is 0. The highest BCUT2D eigenvalue weighted by molar-refractivity contribution is 5.73. The Morgan fingerprint density at radius 2 is 1.70 bits per heavy atom. The molecule has 0 amide bonds. The van der Waals surface area contributed by atoms with Crippen molar-refractivity contribution in [3.63, 3.8) is 0 Å². The minimum Gasteiger partial charge on any atom is -0.356 e. The molecule has 0 atom stereocenters. The molecule has 20 heavy (non-hydrogen) atoms. The molecule has 0 fully saturated rings. The molecule has 0 aliphatic carbocycles. The molecule has 6 heteroatoms. The van der Waals surface area contributed by atoms with Crippen molar-refractivity contribution in [3.8, 4) is 6.01 Å².